The summed E-state index contributed by atoms with van der Waals surface area (Å²) < 4.78 is 18.0. The fourth-order valence-electron chi connectivity index (χ4n) is 2.17. The van der Waals surface area contributed by atoms with E-state index in [-0.39, 0.29) is 5.25 Å². The number of hydrogen-bond donors (Lipinski definition) is 1. The molecule has 0 radical (unpaired) electrons. The van der Waals surface area contributed by atoms with Gasteiger partial charge >= 0.3 is 0 Å². The number of nitrogens with two attached hydrogens (primary N) is 1. The number of hydrogen-bond acceptors (Lipinski definition) is 3. The second kappa shape index (κ2) is 6.57. The molecule has 0 aromatic heterocycles. The quantitative estimate of drug-likeness (QED) is 0.857. The molecule has 0 aliphatic rings. The number of ether oxygens (including phenoxy) is 1. The molecule has 0 aliphatic heterocycles. The molecule has 0 saturated carbocycles. The zero-order valence-electron chi connectivity index (χ0n) is 11.7. The van der Waals surface area contributed by atoms with Crippen LogP contribution in [-0.4, -0.2) is 11.3 Å². The molecule has 20 heavy (non-hydrogen) atoms. The summed E-state index contributed by atoms with van der Waals surface area (Å²) in [6, 6.07) is 15.0. The Bertz CT molecular complexity index is 613. The lowest BCUT2D eigenvalue weighted by molar-refractivity contribution is 0.414. The van der Waals surface area contributed by atoms with Crippen molar-refractivity contribution in [1.29, 1.82) is 0 Å². The Morgan fingerprint density at radius 2 is 1.95 bits per heavy atom. The van der Waals surface area contributed by atoms with Gasteiger partial charge in [0.15, 0.2) is 0 Å². The number of methoxy groups -OCH3 is 1. The molecule has 2 aromatic rings. The summed E-state index contributed by atoms with van der Waals surface area (Å²) in [7, 11) is 0.457. The van der Waals surface area contributed by atoms with Crippen molar-refractivity contribution in [1.82, 2.24) is 0 Å². The standard InChI is InChI=1S/C16H19NO2S/c1-3-15(12-7-6-8-13(11-12)19-2)20(18)16-10-5-4-9-14(16)17/h4-11,15H,3,17H2,1-2H3/t15-,20-/m1/s1. The van der Waals surface area contributed by atoms with E-state index in [2.05, 4.69) is 0 Å². The van der Waals surface area contributed by atoms with Gasteiger partial charge in [0, 0.05) is 5.69 Å². The van der Waals surface area contributed by atoms with Crippen molar-refractivity contribution in [3.63, 3.8) is 0 Å². The van der Waals surface area contributed by atoms with Gasteiger partial charge < -0.3 is 10.5 Å². The van der Waals surface area contributed by atoms with E-state index in [0.717, 1.165) is 17.7 Å². The first-order chi connectivity index (χ1) is 9.67. The highest BCUT2D eigenvalue weighted by molar-refractivity contribution is 7.85. The average Bonchev–Trinajstić information content (AvgIpc) is 2.48. The molecule has 2 aromatic carbocycles. The maximum Gasteiger partial charge on any atom is 0.119 e. The normalized spacial score (nSPS) is 13.7. The van der Waals surface area contributed by atoms with Crippen molar-refractivity contribution in [3.8, 4) is 5.75 Å². The molecule has 0 bridgehead atoms. The van der Waals surface area contributed by atoms with E-state index in [1.807, 2.05) is 49.4 Å². The minimum Gasteiger partial charge on any atom is -0.497 e. The third-order valence-corrected chi connectivity index (χ3v) is 5.16. The molecule has 3 nitrogen and oxygen atoms in total. The number of benzene rings is 2. The van der Waals surface area contributed by atoms with Crippen molar-refractivity contribution in [3.05, 3.63) is 54.1 Å². The molecule has 2 N–H and O–H groups in total. The van der Waals surface area contributed by atoms with Crippen LogP contribution < -0.4 is 10.5 Å². The highest BCUT2D eigenvalue weighted by atomic mass is 32.2. The largest absolute Gasteiger partial charge is 0.497 e. The lowest BCUT2D eigenvalue weighted by Gasteiger charge is -2.17. The fraction of sp³-hybridized carbons (Fsp3) is 0.250. The second-order valence-electron chi connectivity index (χ2n) is 4.51. The monoisotopic (exact) mass is 289 g/mol. The summed E-state index contributed by atoms with van der Waals surface area (Å²) in [6.45, 7) is 2.03. The second-order valence-corrected chi connectivity index (χ2v) is 6.11. The van der Waals surface area contributed by atoms with Crippen LogP contribution in [0.4, 0.5) is 5.69 Å². The van der Waals surface area contributed by atoms with Gasteiger partial charge in [-0.15, -0.1) is 0 Å². The summed E-state index contributed by atoms with van der Waals surface area (Å²) in [6.07, 6.45) is 0.772. The van der Waals surface area contributed by atoms with Crippen LogP contribution in [0.2, 0.25) is 0 Å². The minimum atomic E-state index is -1.17. The van der Waals surface area contributed by atoms with E-state index in [0.29, 0.717) is 10.6 Å². The number of rotatable bonds is 5. The fourth-order valence-corrected chi connectivity index (χ4v) is 3.69. The molecular formula is C16H19NO2S. The number of anilines is 1. The maximum atomic E-state index is 12.8. The van der Waals surface area contributed by atoms with Crippen LogP contribution in [0.15, 0.2) is 53.4 Å². The predicted molar refractivity (Wildman–Crippen MR) is 83.3 cm³/mol. The van der Waals surface area contributed by atoms with Crippen LogP contribution in [0.25, 0.3) is 0 Å². The van der Waals surface area contributed by atoms with Crippen LogP contribution in [-0.2, 0) is 10.8 Å². The van der Waals surface area contributed by atoms with Gasteiger partial charge in [0.25, 0.3) is 0 Å². The highest BCUT2D eigenvalue weighted by Crippen LogP contribution is 2.32. The Labute approximate surface area is 122 Å². The summed E-state index contributed by atoms with van der Waals surface area (Å²) in [5.74, 6) is 0.777. The molecule has 2 atom stereocenters. The van der Waals surface area contributed by atoms with E-state index in [1.54, 1.807) is 13.2 Å². The average molecular weight is 289 g/mol. The first kappa shape index (κ1) is 14.6. The molecule has 4 heteroatoms. The third-order valence-electron chi connectivity index (χ3n) is 3.23. The van der Waals surface area contributed by atoms with Crippen LogP contribution >= 0.6 is 0 Å². The van der Waals surface area contributed by atoms with Gasteiger partial charge in [-0.25, -0.2) is 0 Å². The maximum absolute atomic E-state index is 12.8. The molecular weight excluding hydrogens is 270 g/mol. The Balaban J connectivity index is 2.37. The zero-order valence-corrected chi connectivity index (χ0v) is 12.5. The molecule has 0 saturated heterocycles. The number of para-hydroxylation sites is 1. The van der Waals surface area contributed by atoms with Gasteiger partial charge in [0.2, 0.25) is 0 Å². The summed E-state index contributed by atoms with van der Waals surface area (Å²) in [5.41, 5.74) is 7.51. The third kappa shape index (κ3) is 3.02. The SMILES string of the molecule is CC[C@H](c1cccc(OC)c1)[S@@](=O)c1ccccc1N. The van der Waals surface area contributed by atoms with Gasteiger partial charge in [-0.3, -0.25) is 4.21 Å². The van der Waals surface area contributed by atoms with Crippen molar-refractivity contribution < 1.29 is 8.95 Å². The van der Waals surface area contributed by atoms with E-state index < -0.39 is 10.8 Å². The molecule has 0 heterocycles. The Kier molecular flexibility index (Phi) is 4.79. The van der Waals surface area contributed by atoms with Crippen molar-refractivity contribution in [2.24, 2.45) is 0 Å². The smallest absolute Gasteiger partial charge is 0.119 e. The molecule has 0 spiro atoms. The first-order valence-electron chi connectivity index (χ1n) is 6.56. The van der Waals surface area contributed by atoms with E-state index in [9.17, 15) is 4.21 Å². The summed E-state index contributed by atoms with van der Waals surface area (Å²) >= 11 is 0. The Morgan fingerprint density at radius 1 is 1.20 bits per heavy atom. The van der Waals surface area contributed by atoms with Gasteiger partial charge in [0.05, 0.1) is 28.1 Å². The molecule has 0 unspecified atom stereocenters. The minimum absolute atomic E-state index is 0.0881. The van der Waals surface area contributed by atoms with E-state index in [4.69, 9.17) is 10.5 Å². The summed E-state index contributed by atoms with van der Waals surface area (Å²) in [4.78, 5) is 0.696. The Morgan fingerprint density at radius 3 is 2.60 bits per heavy atom. The molecule has 0 fully saturated rings. The first-order valence-corrected chi connectivity index (χ1v) is 7.77. The van der Waals surface area contributed by atoms with E-state index in [1.165, 1.54) is 0 Å². The summed E-state index contributed by atoms with van der Waals surface area (Å²) in [5, 5.41) is -0.0881. The van der Waals surface area contributed by atoms with Crippen molar-refractivity contribution in [2.75, 3.05) is 12.8 Å². The van der Waals surface area contributed by atoms with Crippen LogP contribution in [0.3, 0.4) is 0 Å². The number of nitrogen functional groups attached to an aromatic ring is 1. The molecule has 0 amide bonds. The zero-order chi connectivity index (χ0) is 14.5. The van der Waals surface area contributed by atoms with Crippen molar-refractivity contribution >= 4 is 16.5 Å². The molecule has 0 aliphatic carbocycles. The molecule has 106 valence electrons. The highest BCUT2D eigenvalue weighted by Gasteiger charge is 2.20. The van der Waals surface area contributed by atoms with Crippen LogP contribution in [0.1, 0.15) is 24.2 Å². The van der Waals surface area contributed by atoms with E-state index >= 15 is 0 Å². The lowest BCUT2D eigenvalue weighted by Crippen LogP contribution is -2.08. The predicted octanol–water partition coefficient (Wildman–Crippen LogP) is 3.54. The van der Waals surface area contributed by atoms with Crippen LogP contribution in [0.5, 0.6) is 5.75 Å². The van der Waals surface area contributed by atoms with Gasteiger partial charge in [-0.1, -0.05) is 31.2 Å². The van der Waals surface area contributed by atoms with Crippen LogP contribution in [0, 0.1) is 0 Å². The topological polar surface area (TPSA) is 52.3 Å². The lowest BCUT2D eigenvalue weighted by atomic mass is 10.1. The molecule has 2 rings (SSSR count). The van der Waals surface area contributed by atoms with Gasteiger partial charge in [0.1, 0.15) is 5.75 Å². The van der Waals surface area contributed by atoms with Crippen molar-refractivity contribution in [2.45, 2.75) is 23.5 Å². The Hall–Kier alpha value is -1.81. The van der Waals surface area contributed by atoms with Gasteiger partial charge in [-0.2, -0.15) is 0 Å². The van der Waals surface area contributed by atoms with Gasteiger partial charge in [-0.05, 0) is 36.2 Å².